The molecule has 4 unspecified atom stereocenters. The maximum atomic E-state index is 13.1. The Kier molecular flexibility index (Phi) is 74.3. The normalized spacial score (nSPS) is 14.2. The lowest BCUT2D eigenvalue weighted by Gasteiger charge is -2.21. The van der Waals surface area contributed by atoms with Crippen LogP contribution < -0.4 is 0 Å². The van der Waals surface area contributed by atoms with Gasteiger partial charge in [0.1, 0.15) is 19.3 Å². The number of carbonyl (C=O) groups excluding carboxylic acids is 4. The van der Waals surface area contributed by atoms with Crippen molar-refractivity contribution in [3.8, 4) is 0 Å². The van der Waals surface area contributed by atoms with Crippen LogP contribution in [0.15, 0.2) is 0 Å². The third kappa shape index (κ3) is 78.7. The number of esters is 4. The topological polar surface area (TPSA) is 237 Å². The fourth-order valence-electron chi connectivity index (χ4n) is 13.5. The molecule has 0 aromatic heterocycles. The van der Waals surface area contributed by atoms with Gasteiger partial charge < -0.3 is 33.8 Å². The fraction of sp³-hybridized carbons (Fsp3) is 0.954. The molecule has 0 saturated heterocycles. The molecule has 0 heterocycles. The number of ether oxygens (including phenoxy) is 4. The van der Waals surface area contributed by atoms with Gasteiger partial charge in [-0.1, -0.05) is 402 Å². The van der Waals surface area contributed by atoms with Gasteiger partial charge in [-0.15, -0.1) is 0 Å². The largest absolute Gasteiger partial charge is 0.472 e. The predicted molar refractivity (Wildman–Crippen MR) is 437 cm³/mol. The van der Waals surface area contributed by atoms with Crippen LogP contribution >= 0.6 is 15.6 Å². The first-order valence-electron chi connectivity index (χ1n) is 44.7. The second-order valence-corrected chi connectivity index (χ2v) is 35.9. The van der Waals surface area contributed by atoms with E-state index in [1.54, 1.807) is 0 Å². The molecule has 0 aliphatic carbocycles. The van der Waals surface area contributed by atoms with Crippen LogP contribution in [0.4, 0.5) is 0 Å². The molecule has 0 fully saturated rings. The maximum Gasteiger partial charge on any atom is 0.472 e. The molecular formula is C87H170O17P2. The monoisotopic (exact) mass is 1550 g/mol. The molecule has 0 amide bonds. The van der Waals surface area contributed by atoms with Crippen LogP contribution in [0.1, 0.15) is 453 Å². The Labute approximate surface area is 651 Å². The summed E-state index contributed by atoms with van der Waals surface area (Å²) < 4.78 is 68.9. The van der Waals surface area contributed by atoms with Crippen LogP contribution in [0.5, 0.6) is 0 Å². The molecule has 17 nitrogen and oxygen atoms in total. The first-order chi connectivity index (χ1) is 51.1. The standard InChI is InChI=1S/C87H170O17P2/c1-9-80(8)66-58-50-42-34-27-23-19-15-11-13-16-20-24-28-35-43-51-59-67-84(89)97-73-82(103-87(92)70-62-54-45-37-31-30-33-40-48-56-64-78(4)5)75-101-105(93,94)99-71-81(88)72-100-106(95,96)102-76-83(74-98-85(90)68-60-52-46-38-41-49-57-65-79(6)7)104-86(91)69-61-53-44-36-29-25-21-17-12-10-14-18-22-26-32-39-47-55-63-77(2)3/h77-83,88H,9-76H2,1-8H3,(H,93,94)(H,95,96)/t80?,81?,82-,83-/m1/s1. The van der Waals surface area contributed by atoms with Gasteiger partial charge in [-0.25, -0.2) is 9.13 Å². The Hall–Kier alpha value is -1.94. The fourth-order valence-corrected chi connectivity index (χ4v) is 15.0. The van der Waals surface area contributed by atoms with Crippen LogP contribution in [0.25, 0.3) is 0 Å². The van der Waals surface area contributed by atoms with E-state index in [1.807, 2.05) is 0 Å². The molecule has 0 aromatic rings. The lowest BCUT2D eigenvalue weighted by molar-refractivity contribution is -0.161. The first kappa shape index (κ1) is 104. The van der Waals surface area contributed by atoms with Crippen LogP contribution in [0, 0.1) is 23.7 Å². The molecule has 106 heavy (non-hydrogen) atoms. The quantitative estimate of drug-likeness (QED) is 0.0222. The molecule has 19 heteroatoms. The van der Waals surface area contributed by atoms with Gasteiger partial charge in [-0.05, 0) is 49.4 Å². The van der Waals surface area contributed by atoms with Crippen molar-refractivity contribution in [1.29, 1.82) is 0 Å². The van der Waals surface area contributed by atoms with Gasteiger partial charge in [-0.2, -0.15) is 0 Å². The van der Waals surface area contributed by atoms with Crippen LogP contribution in [-0.2, 0) is 65.4 Å². The summed E-state index contributed by atoms with van der Waals surface area (Å²) in [7, 11) is -9.93. The second kappa shape index (κ2) is 75.7. The molecule has 0 rings (SSSR count). The highest BCUT2D eigenvalue weighted by atomic mass is 31.2. The van der Waals surface area contributed by atoms with Crippen molar-refractivity contribution in [3.63, 3.8) is 0 Å². The summed E-state index contributed by atoms with van der Waals surface area (Å²) in [5.74, 6) is 1.04. The highest BCUT2D eigenvalue weighted by molar-refractivity contribution is 7.47. The van der Waals surface area contributed by atoms with Crippen molar-refractivity contribution in [2.75, 3.05) is 39.6 Å². The van der Waals surface area contributed by atoms with Gasteiger partial charge in [0.15, 0.2) is 12.2 Å². The zero-order valence-corrected chi connectivity index (χ0v) is 71.9. The number of aliphatic hydroxyl groups is 1. The van der Waals surface area contributed by atoms with Crippen LogP contribution in [0.2, 0.25) is 0 Å². The molecule has 0 bridgehead atoms. The summed E-state index contributed by atoms with van der Waals surface area (Å²) in [5.41, 5.74) is 0. The predicted octanol–water partition coefficient (Wildman–Crippen LogP) is 26.3. The SMILES string of the molecule is CCC(C)CCCCCCCCCCCCCCCCCCCCC(=O)OC[C@H](COP(=O)(O)OCC(O)COP(=O)(O)OC[C@@H](COC(=O)CCCCCCCCCC(C)C)OC(=O)CCCCCCCCCCCCCCCCCCCCC(C)C)OC(=O)CCCCCCCCCCCCC(C)C. The van der Waals surface area contributed by atoms with E-state index in [4.69, 9.17) is 37.0 Å². The number of hydrogen-bond acceptors (Lipinski definition) is 15. The highest BCUT2D eigenvalue weighted by Crippen LogP contribution is 2.45. The van der Waals surface area contributed by atoms with E-state index >= 15 is 0 Å². The third-order valence-corrected chi connectivity index (χ3v) is 22.6. The first-order valence-corrected chi connectivity index (χ1v) is 47.7. The van der Waals surface area contributed by atoms with Gasteiger partial charge >= 0.3 is 39.5 Å². The number of rotatable bonds is 84. The van der Waals surface area contributed by atoms with Gasteiger partial charge in [-0.3, -0.25) is 37.3 Å². The van der Waals surface area contributed by atoms with Crippen molar-refractivity contribution in [3.05, 3.63) is 0 Å². The van der Waals surface area contributed by atoms with Crippen LogP contribution in [-0.4, -0.2) is 96.7 Å². The lowest BCUT2D eigenvalue weighted by atomic mass is 9.99. The smallest absolute Gasteiger partial charge is 0.462 e. The van der Waals surface area contributed by atoms with Crippen LogP contribution in [0.3, 0.4) is 0 Å². The van der Waals surface area contributed by atoms with E-state index in [0.717, 1.165) is 114 Å². The van der Waals surface area contributed by atoms with E-state index in [-0.39, 0.29) is 25.7 Å². The second-order valence-electron chi connectivity index (χ2n) is 33.0. The average Bonchev–Trinajstić information content (AvgIpc) is 0.900. The number of carbonyl (C=O) groups is 4. The summed E-state index contributed by atoms with van der Waals surface area (Å²) >= 11 is 0. The Bertz CT molecular complexity index is 2060. The zero-order valence-electron chi connectivity index (χ0n) is 70.1. The van der Waals surface area contributed by atoms with Crippen molar-refractivity contribution >= 4 is 39.5 Å². The highest BCUT2D eigenvalue weighted by Gasteiger charge is 2.31. The van der Waals surface area contributed by atoms with Gasteiger partial charge in [0.05, 0.1) is 26.4 Å². The number of phosphoric ester groups is 2. The Morgan fingerprint density at radius 3 is 0.670 bits per heavy atom. The minimum atomic E-state index is -4.97. The minimum Gasteiger partial charge on any atom is -0.462 e. The molecule has 630 valence electrons. The molecule has 0 spiro atoms. The molecule has 3 N–H and O–H groups in total. The van der Waals surface area contributed by atoms with E-state index in [0.29, 0.717) is 31.6 Å². The molecule has 0 aliphatic rings. The van der Waals surface area contributed by atoms with Crippen molar-refractivity contribution in [1.82, 2.24) is 0 Å². The molecule has 0 radical (unpaired) electrons. The number of unbranched alkanes of at least 4 members (excludes halogenated alkanes) is 49. The van der Waals surface area contributed by atoms with Gasteiger partial charge in [0.2, 0.25) is 0 Å². The summed E-state index contributed by atoms with van der Waals surface area (Å²) in [6.07, 6.45) is 65.5. The van der Waals surface area contributed by atoms with E-state index in [1.165, 1.54) is 250 Å². The van der Waals surface area contributed by atoms with Crippen molar-refractivity contribution in [2.45, 2.75) is 472 Å². The Balaban J connectivity index is 5.16. The minimum absolute atomic E-state index is 0.106. The molecular weight excluding hydrogens is 1380 g/mol. The lowest BCUT2D eigenvalue weighted by Crippen LogP contribution is -2.30. The van der Waals surface area contributed by atoms with Crippen molar-refractivity contribution < 1.29 is 80.2 Å². The third-order valence-electron chi connectivity index (χ3n) is 20.7. The summed E-state index contributed by atoms with van der Waals surface area (Å²) in [6.45, 7) is 14.3. The molecule has 6 atom stereocenters. The number of phosphoric acid groups is 2. The van der Waals surface area contributed by atoms with Gasteiger partial charge in [0, 0.05) is 25.7 Å². The van der Waals surface area contributed by atoms with Gasteiger partial charge in [0.25, 0.3) is 0 Å². The summed E-state index contributed by atoms with van der Waals surface area (Å²) in [5, 5.41) is 10.7. The zero-order chi connectivity index (χ0) is 78.1. The summed E-state index contributed by atoms with van der Waals surface area (Å²) in [4.78, 5) is 73.2. The summed E-state index contributed by atoms with van der Waals surface area (Å²) in [6, 6.07) is 0. The number of aliphatic hydroxyl groups excluding tert-OH is 1. The maximum absolute atomic E-state index is 13.1. The van der Waals surface area contributed by atoms with E-state index in [9.17, 15) is 43.2 Å². The number of hydrogen-bond donors (Lipinski definition) is 3. The Morgan fingerprint density at radius 1 is 0.264 bits per heavy atom. The molecule has 0 aromatic carbocycles. The van der Waals surface area contributed by atoms with E-state index in [2.05, 4.69) is 55.4 Å². The Morgan fingerprint density at radius 2 is 0.453 bits per heavy atom. The average molecular weight is 1550 g/mol. The molecule has 0 aliphatic heterocycles. The van der Waals surface area contributed by atoms with Crippen molar-refractivity contribution in [2.24, 2.45) is 23.7 Å². The van der Waals surface area contributed by atoms with E-state index < -0.39 is 97.5 Å². The molecule has 0 saturated carbocycles.